The first kappa shape index (κ1) is 20.6. The van der Waals surface area contributed by atoms with Gasteiger partial charge in [-0.05, 0) is 36.1 Å². The summed E-state index contributed by atoms with van der Waals surface area (Å²) in [6.07, 6.45) is 4.88. The minimum absolute atomic E-state index is 0.0332. The lowest BCUT2D eigenvalue weighted by Crippen LogP contribution is -2.43. The summed E-state index contributed by atoms with van der Waals surface area (Å²) in [7, 11) is 0. The second kappa shape index (κ2) is 8.72. The first-order valence-corrected chi connectivity index (χ1v) is 11.9. The van der Waals surface area contributed by atoms with Crippen molar-refractivity contribution in [3.63, 3.8) is 0 Å². The van der Waals surface area contributed by atoms with Gasteiger partial charge in [0.25, 0.3) is 5.91 Å². The molecule has 3 aliphatic rings. The Balaban J connectivity index is 1.30. The van der Waals surface area contributed by atoms with Crippen LogP contribution in [0.2, 0.25) is 0 Å². The zero-order valence-electron chi connectivity index (χ0n) is 18.8. The molecule has 33 heavy (non-hydrogen) atoms. The topological polar surface area (TPSA) is 63.5 Å². The summed E-state index contributed by atoms with van der Waals surface area (Å²) < 4.78 is 7.48. The van der Waals surface area contributed by atoms with E-state index in [0.29, 0.717) is 44.6 Å². The summed E-state index contributed by atoms with van der Waals surface area (Å²) in [4.78, 5) is 22.4. The lowest BCUT2D eigenvalue weighted by Gasteiger charge is -2.33. The van der Waals surface area contributed by atoms with Crippen LogP contribution in [-0.4, -0.2) is 69.4 Å². The molecule has 2 aromatic heterocycles. The van der Waals surface area contributed by atoms with Crippen LogP contribution in [0.4, 0.5) is 0 Å². The third-order valence-corrected chi connectivity index (χ3v) is 7.25. The first-order valence-electron chi connectivity index (χ1n) is 11.9. The number of rotatable bonds is 4. The number of ether oxygens (including phenoxy) is 1. The molecule has 0 unspecified atom stereocenters. The Morgan fingerprint density at radius 2 is 1.76 bits per heavy atom. The average Bonchev–Trinajstić information content (AvgIpc) is 3.46. The summed E-state index contributed by atoms with van der Waals surface area (Å²) in [5, 5.41) is 4.88. The lowest BCUT2D eigenvalue weighted by atomic mass is 10.0. The van der Waals surface area contributed by atoms with Gasteiger partial charge in [-0.25, -0.2) is 0 Å². The maximum atomic E-state index is 13.5. The molecule has 1 aliphatic carbocycles. The van der Waals surface area contributed by atoms with Crippen molar-refractivity contribution < 1.29 is 9.53 Å². The number of hydrogen-bond acceptors (Lipinski definition) is 5. The number of morpholine rings is 1. The van der Waals surface area contributed by atoms with E-state index in [1.807, 2.05) is 34.0 Å². The van der Waals surface area contributed by atoms with E-state index in [9.17, 15) is 4.79 Å². The SMILES string of the molecule is O=C(c1nn(Cc2ccccn2)c2c1CN(C1Cc3ccccc3C1)CC2)N1CCOCC1. The summed E-state index contributed by atoms with van der Waals surface area (Å²) in [6.45, 7) is 4.80. The molecule has 7 nitrogen and oxygen atoms in total. The number of benzene rings is 1. The zero-order chi connectivity index (χ0) is 22.2. The van der Waals surface area contributed by atoms with Crippen LogP contribution in [0.15, 0.2) is 48.7 Å². The standard InChI is InChI=1S/C26H29N5O2/c32-26(29-11-13-33-14-12-29)25-23-18-30(22-15-19-5-1-2-6-20(19)16-22)10-8-24(23)31(28-25)17-21-7-3-4-9-27-21/h1-7,9,22H,8,10-18H2. The van der Waals surface area contributed by atoms with Gasteiger partial charge in [-0.1, -0.05) is 30.3 Å². The van der Waals surface area contributed by atoms with Crippen molar-refractivity contribution in [3.8, 4) is 0 Å². The van der Waals surface area contributed by atoms with Gasteiger partial charge in [0.2, 0.25) is 0 Å². The Labute approximate surface area is 194 Å². The number of aromatic nitrogens is 3. The molecule has 1 fully saturated rings. The second-order valence-electron chi connectivity index (χ2n) is 9.21. The second-order valence-corrected chi connectivity index (χ2v) is 9.21. The smallest absolute Gasteiger partial charge is 0.274 e. The van der Waals surface area contributed by atoms with E-state index >= 15 is 0 Å². The molecule has 0 radical (unpaired) electrons. The third kappa shape index (κ3) is 3.96. The Morgan fingerprint density at radius 1 is 1.00 bits per heavy atom. The normalized spacial score (nSPS) is 18.8. The number of nitrogens with zero attached hydrogens (tertiary/aromatic N) is 5. The summed E-state index contributed by atoms with van der Waals surface area (Å²) in [5.41, 5.74) is 6.78. The van der Waals surface area contributed by atoms with Gasteiger partial charge >= 0.3 is 0 Å². The minimum Gasteiger partial charge on any atom is -0.378 e. The molecular formula is C26H29N5O2. The van der Waals surface area contributed by atoms with E-state index in [-0.39, 0.29) is 5.91 Å². The number of hydrogen-bond donors (Lipinski definition) is 0. The van der Waals surface area contributed by atoms with Gasteiger partial charge in [0.1, 0.15) is 0 Å². The highest BCUT2D eigenvalue weighted by Gasteiger charge is 2.35. The Kier molecular flexibility index (Phi) is 5.44. The quantitative estimate of drug-likeness (QED) is 0.619. The molecule has 0 spiro atoms. The minimum atomic E-state index is 0.0332. The lowest BCUT2D eigenvalue weighted by molar-refractivity contribution is 0.0296. The molecule has 0 saturated carbocycles. The number of fused-ring (bicyclic) bond motifs is 2. The van der Waals surface area contributed by atoms with Gasteiger partial charge in [0, 0.05) is 56.1 Å². The highest BCUT2D eigenvalue weighted by atomic mass is 16.5. The fourth-order valence-corrected chi connectivity index (χ4v) is 5.48. The summed E-state index contributed by atoms with van der Waals surface area (Å²) in [5.74, 6) is 0.0332. The van der Waals surface area contributed by atoms with Gasteiger partial charge in [-0.2, -0.15) is 5.10 Å². The predicted octanol–water partition coefficient (Wildman–Crippen LogP) is 2.32. The van der Waals surface area contributed by atoms with Crippen LogP contribution in [0.5, 0.6) is 0 Å². The zero-order valence-corrected chi connectivity index (χ0v) is 18.8. The van der Waals surface area contributed by atoms with Crippen molar-refractivity contribution in [1.29, 1.82) is 0 Å². The van der Waals surface area contributed by atoms with E-state index in [1.165, 1.54) is 16.8 Å². The molecule has 2 aliphatic heterocycles. The van der Waals surface area contributed by atoms with Gasteiger partial charge in [-0.3, -0.25) is 19.4 Å². The van der Waals surface area contributed by atoms with Gasteiger partial charge in [-0.15, -0.1) is 0 Å². The third-order valence-electron chi connectivity index (χ3n) is 7.25. The van der Waals surface area contributed by atoms with Crippen LogP contribution in [0.25, 0.3) is 0 Å². The highest BCUT2D eigenvalue weighted by molar-refractivity contribution is 5.94. The van der Waals surface area contributed by atoms with Gasteiger partial charge in [0.15, 0.2) is 5.69 Å². The number of carbonyl (C=O) groups is 1. The molecule has 1 aromatic carbocycles. The molecule has 7 heteroatoms. The highest BCUT2D eigenvalue weighted by Crippen LogP contribution is 2.31. The van der Waals surface area contributed by atoms with Crippen LogP contribution in [0.3, 0.4) is 0 Å². The summed E-state index contributed by atoms with van der Waals surface area (Å²) >= 11 is 0. The molecular weight excluding hydrogens is 414 g/mol. The summed E-state index contributed by atoms with van der Waals surface area (Å²) in [6, 6.07) is 15.2. The Bertz CT molecular complexity index is 1130. The first-order chi connectivity index (χ1) is 16.3. The fraction of sp³-hybridized carbons (Fsp3) is 0.423. The average molecular weight is 444 g/mol. The van der Waals surface area contributed by atoms with Crippen LogP contribution < -0.4 is 0 Å². The molecule has 170 valence electrons. The van der Waals surface area contributed by atoms with E-state index in [0.717, 1.165) is 43.6 Å². The van der Waals surface area contributed by atoms with Crippen LogP contribution in [0, 0.1) is 0 Å². The molecule has 0 atom stereocenters. The van der Waals surface area contributed by atoms with Crippen LogP contribution >= 0.6 is 0 Å². The number of carbonyl (C=O) groups excluding carboxylic acids is 1. The van der Waals surface area contributed by atoms with Crippen LogP contribution in [-0.2, 0) is 37.1 Å². The maximum absolute atomic E-state index is 13.5. The number of amides is 1. The van der Waals surface area contributed by atoms with Gasteiger partial charge < -0.3 is 9.64 Å². The fourth-order valence-electron chi connectivity index (χ4n) is 5.48. The maximum Gasteiger partial charge on any atom is 0.274 e. The predicted molar refractivity (Wildman–Crippen MR) is 124 cm³/mol. The van der Waals surface area contributed by atoms with Crippen molar-refractivity contribution in [2.45, 2.75) is 38.4 Å². The monoisotopic (exact) mass is 443 g/mol. The van der Waals surface area contributed by atoms with E-state index in [4.69, 9.17) is 9.84 Å². The van der Waals surface area contributed by atoms with E-state index < -0.39 is 0 Å². The van der Waals surface area contributed by atoms with Gasteiger partial charge in [0.05, 0.1) is 25.5 Å². The van der Waals surface area contributed by atoms with E-state index in [1.54, 1.807) is 0 Å². The Hall–Kier alpha value is -3.03. The molecule has 3 aromatic rings. The van der Waals surface area contributed by atoms with Crippen LogP contribution in [0.1, 0.15) is 38.6 Å². The largest absolute Gasteiger partial charge is 0.378 e. The number of pyridine rings is 1. The Morgan fingerprint density at radius 3 is 2.48 bits per heavy atom. The molecule has 4 heterocycles. The molecule has 0 N–H and O–H groups in total. The molecule has 6 rings (SSSR count). The molecule has 0 bridgehead atoms. The van der Waals surface area contributed by atoms with Crippen molar-refractivity contribution >= 4 is 5.91 Å². The van der Waals surface area contributed by atoms with Crippen molar-refractivity contribution in [3.05, 3.63) is 82.4 Å². The van der Waals surface area contributed by atoms with Crippen molar-refractivity contribution in [1.82, 2.24) is 24.6 Å². The molecule has 1 saturated heterocycles. The molecule has 1 amide bonds. The van der Waals surface area contributed by atoms with Crippen molar-refractivity contribution in [2.75, 3.05) is 32.8 Å². The van der Waals surface area contributed by atoms with E-state index in [2.05, 4.69) is 34.1 Å². The van der Waals surface area contributed by atoms with Crippen molar-refractivity contribution in [2.24, 2.45) is 0 Å².